The highest BCUT2D eigenvalue weighted by atomic mass is 32.1. The minimum atomic E-state index is -0.210. The van der Waals surface area contributed by atoms with Gasteiger partial charge in [0, 0.05) is 41.4 Å². The predicted octanol–water partition coefficient (Wildman–Crippen LogP) is 11.0. The van der Waals surface area contributed by atoms with Crippen LogP contribution >= 0.6 is 34.0 Å². The van der Waals surface area contributed by atoms with Gasteiger partial charge in [-0.3, -0.25) is 0 Å². The molecule has 3 heterocycles. The first-order valence-electron chi connectivity index (χ1n) is 14.8. The van der Waals surface area contributed by atoms with E-state index in [-0.39, 0.29) is 22.3 Å². The Balaban J connectivity index is 1.35. The van der Waals surface area contributed by atoms with Gasteiger partial charge in [0.05, 0.1) is 11.1 Å². The minimum absolute atomic E-state index is 0.0679. The normalized spacial score (nSPS) is 9.88. The van der Waals surface area contributed by atoms with Crippen LogP contribution < -0.4 is 4.90 Å². The lowest BCUT2D eigenvalue weighted by atomic mass is 10.1. The molecule has 0 saturated carbocycles. The van der Waals surface area contributed by atoms with Gasteiger partial charge in [-0.25, -0.2) is 0 Å². The van der Waals surface area contributed by atoms with Gasteiger partial charge in [0.2, 0.25) is 0 Å². The summed E-state index contributed by atoms with van der Waals surface area (Å²) in [6, 6.07) is 47.1. The summed E-state index contributed by atoms with van der Waals surface area (Å²) in [5, 5.41) is 58.3. The summed E-state index contributed by atoms with van der Waals surface area (Å²) in [7, 11) is 0. The second-order valence-electron chi connectivity index (χ2n) is 10.5. The van der Waals surface area contributed by atoms with Crippen molar-refractivity contribution in [3.8, 4) is 67.7 Å². The second-order valence-corrected chi connectivity index (χ2v) is 13.6. The van der Waals surface area contributed by atoms with Crippen LogP contribution in [-0.2, 0) is 0 Å². The third kappa shape index (κ3) is 6.55. The molecule has 0 bridgehead atoms. The lowest BCUT2D eigenvalue weighted by Crippen LogP contribution is -2.09. The van der Waals surface area contributed by atoms with Crippen molar-refractivity contribution in [1.82, 2.24) is 0 Å². The quantitative estimate of drug-likeness (QED) is 0.144. The van der Waals surface area contributed by atoms with Crippen LogP contribution in [0.5, 0.6) is 0 Å². The van der Waals surface area contributed by atoms with Gasteiger partial charge in [-0.2, -0.15) is 31.6 Å². The molecule has 0 aliphatic heterocycles. The third-order valence-electron chi connectivity index (χ3n) is 7.63. The van der Waals surface area contributed by atoms with E-state index in [0.717, 1.165) is 43.5 Å². The third-order valence-corrected chi connectivity index (χ3v) is 10.8. The first-order chi connectivity index (χ1) is 24.5. The van der Waals surface area contributed by atoms with Crippen LogP contribution in [0, 0.1) is 68.0 Å². The molecule has 0 aliphatic rings. The van der Waals surface area contributed by atoms with Gasteiger partial charge >= 0.3 is 0 Å². The van der Waals surface area contributed by atoms with E-state index >= 15 is 0 Å². The first-order valence-corrected chi connectivity index (χ1v) is 17.3. The predicted molar refractivity (Wildman–Crippen MR) is 199 cm³/mol. The fraction of sp³-hybridized carbons (Fsp3) is 0. The zero-order valence-electron chi connectivity index (χ0n) is 25.8. The molecule has 7 nitrogen and oxygen atoms in total. The summed E-state index contributed by atoms with van der Waals surface area (Å²) >= 11 is 4.38. The number of hydrogen-bond donors (Lipinski definition) is 0. The van der Waals surface area contributed by atoms with Crippen LogP contribution in [0.4, 0.5) is 17.1 Å². The summed E-state index contributed by atoms with van der Waals surface area (Å²) < 4.78 is 0. The number of nitriles is 6. The molecule has 6 aromatic rings. The second kappa shape index (κ2) is 14.8. The molecule has 3 aromatic heterocycles. The number of nitrogens with zero attached hydrogens (tertiary/aromatic N) is 7. The van der Waals surface area contributed by atoms with E-state index in [9.17, 15) is 31.6 Å². The highest BCUT2D eigenvalue weighted by Crippen LogP contribution is 2.40. The number of anilines is 3. The van der Waals surface area contributed by atoms with Crippen LogP contribution in [0.3, 0.4) is 0 Å². The molecule has 6 rings (SSSR count). The molecule has 232 valence electrons. The van der Waals surface area contributed by atoms with Crippen molar-refractivity contribution in [3.05, 3.63) is 135 Å². The van der Waals surface area contributed by atoms with Crippen LogP contribution in [0.1, 0.15) is 9.75 Å². The molecular weight excluding hydrogens is 675 g/mol. The average Bonchev–Trinajstić information content (AvgIpc) is 3.97. The summed E-state index contributed by atoms with van der Waals surface area (Å²) in [5.74, 6) is 0. The summed E-state index contributed by atoms with van der Waals surface area (Å²) in [5.41, 5.74) is 5.48. The monoisotopic (exact) mass is 693 g/mol. The average molecular weight is 694 g/mol. The SMILES string of the molecule is N#CC(C#N)=C(C#N)c1ccc(-c2ccc(N(c3ccc(-c4cccs4)cc3)c3ccc(-c4ccc(C(C#N)=C(C#N)C#N)s4)cc3)cc2)s1. The lowest BCUT2D eigenvalue weighted by molar-refractivity contribution is 1.28. The van der Waals surface area contributed by atoms with Crippen molar-refractivity contribution in [2.75, 3.05) is 4.90 Å². The van der Waals surface area contributed by atoms with Gasteiger partial charge in [0.1, 0.15) is 47.6 Å². The van der Waals surface area contributed by atoms with E-state index in [0.29, 0.717) is 9.75 Å². The Hall–Kier alpha value is -7.02. The maximum Gasteiger partial charge on any atom is 0.148 e. The molecule has 0 radical (unpaired) electrons. The summed E-state index contributed by atoms with van der Waals surface area (Å²) in [6.45, 7) is 0. The molecule has 3 aromatic carbocycles. The van der Waals surface area contributed by atoms with Crippen molar-refractivity contribution in [1.29, 1.82) is 31.6 Å². The Morgan fingerprint density at radius 2 is 0.800 bits per heavy atom. The molecule has 0 atom stereocenters. The Morgan fingerprint density at radius 1 is 0.420 bits per heavy atom. The van der Waals surface area contributed by atoms with E-state index in [2.05, 4.69) is 40.6 Å². The van der Waals surface area contributed by atoms with E-state index in [1.54, 1.807) is 47.7 Å². The number of allylic oxidation sites excluding steroid dienone is 4. The number of benzene rings is 3. The fourth-order valence-electron chi connectivity index (χ4n) is 5.21. The van der Waals surface area contributed by atoms with Gasteiger partial charge in [-0.15, -0.1) is 34.0 Å². The molecule has 0 unspecified atom stereocenters. The van der Waals surface area contributed by atoms with E-state index in [1.807, 2.05) is 78.9 Å². The van der Waals surface area contributed by atoms with Crippen LogP contribution in [0.25, 0.3) is 42.5 Å². The van der Waals surface area contributed by atoms with Crippen LogP contribution in [-0.4, -0.2) is 0 Å². The number of rotatable bonds is 8. The Kier molecular flexibility index (Phi) is 9.75. The Bertz CT molecular complexity index is 2350. The van der Waals surface area contributed by atoms with Crippen molar-refractivity contribution in [2.45, 2.75) is 0 Å². The Labute approximate surface area is 300 Å². The van der Waals surface area contributed by atoms with Gasteiger partial charge < -0.3 is 4.90 Å². The molecule has 0 saturated heterocycles. The van der Waals surface area contributed by atoms with Crippen molar-refractivity contribution in [2.24, 2.45) is 0 Å². The zero-order valence-corrected chi connectivity index (χ0v) is 28.3. The molecular formula is C40H19N7S3. The standard InChI is InChI=1S/C40H19N7S3/c41-20-29(21-42)34(24-45)39-17-15-37(49-39)27-5-11-32(12-6-27)47(31-9-3-26(4-10-31)36-2-1-19-48-36)33-13-7-28(8-14-33)38-16-18-40(50-38)35(25-46)30(22-43)23-44/h1-19H. The van der Waals surface area contributed by atoms with Gasteiger partial charge in [0.15, 0.2) is 0 Å². The molecule has 10 heteroatoms. The molecule has 0 fully saturated rings. The van der Waals surface area contributed by atoms with Gasteiger partial charge in [0.25, 0.3) is 0 Å². The van der Waals surface area contributed by atoms with Crippen LogP contribution in [0.2, 0.25) is 0 Å². The van der Waals surface area contributed by atoms with Crippen molar-refractivity contribution < 1.29 is 0 Å². The summed E-state index contributed by atoms with van der Waals surface area (Å²) in [4.78, 5) is 6.24. The first kappa shape index (κ1) is 32.9. The lowest BCUT2D eigenvalue weighted by Gasteiger charge is -2.26. The maximum atomic E-state index is 9.59. The molecule has 0 N–H and O–H groups in total. The summed E-state index contributed by atoms with van der Waals surface area (Å²) in [6.07, 6.45) is 0. The molecule has 0 aliphatic carbocycles. The largest absolute Gasteiger partial charge is 0.311 e. The van der Waals surface area contributed by atoms with Crippen molar-refractivity contribution >= 4 is 62.2 Å². The number of hydrogen-bond acceptors (Lipinski definition) is 10. The number of thiophene rings is 3. The minimum Gasteiger partial charge on any atom is -0.311 e. The van der Waals surface area contributed by atoms with E-state index in [1.165, 1.54) is 27.6 Å². The maximum absolute atomic E-state index is 9.59. The highest BCUT2D eigenvalue weighted by Gasteiger charge is 2.17. The fourth-order valence-corrected chi connectivity index (χ4v) is 7.97. The Morgan fingerprint density at radius 3 is 1.12 bits per heavy atom. The molecule has 0 spiro atoms. The molecule has 50 heavy (non-hydrogen) atoms. The van der Waals surface area contributed by atoms with Crippen LogP contribution in [0.15, 0.2) is 126 Å². The van der Waals surface area contributed by atoms with Gasteiger partial charge in [-0.05, 0) is 88.8 Å². The topological polar surface area (TPSA) is 146 Å². The smallest absolute Gasteiger partial charge is 0.148 e. The van der Waals surface area contributed by atoms with Crippen molar-refractivity contribution in [3.63, 3.8) is 0 Å². The zero-order chi connectivity index (χ0) is 35.0. The van der Waals surface area contributed by atoms with E-state index in [4.69, 9.17) is 0 Å². The highest BCUT2D eigenvalue weighted by molar-refractivity contribution is 7.17. The molecule has 0 amide bonds. The van der Waals surface area contributed by atoms with E-state index < -0.39 is 0 Å². The van der Waals surface area contributed by atoms with Gasteiger partial charge in [-0.1, -0.05) is 42.5 Å².